The predicted molar refractivity (Wildman–Crippen MR) is 124 cm³/mol. The van der Waals surface area contributed by atoms with E-state index in [1.54, 1.807) is 0 Å². The van der Waals surface area contributed by atoms with Gasteiger partial charge in [-0.15, -0.1) is 0 Å². The Labute approximate surface area is 188 Å². The van der Waals surface area contributed by atoms with Crippen molar-refractivity contribution in [3.63, 3.8) is 0 Å². The number of rotatable bonds is 7. The van der Waals surface area contributed by atoms with Crippen molar-refractivity contribution in [2.75, 3.05) is 62.8 Å². The summed E-state index contributed by atoms with van der Waals surface area (Å²) in [7, 11) is 0. The molecule has 2 aliphatic heterocycles. The van der Waals surface area contributed by atoms with Gasteiger partial charge in [-0.3, -0.25) is 4.90 Å². The third-order valence-corrected chi connectivity index (χ3v) is 5.80. The Hall–Kier alpha value is -2.75. The molecule has 9 nitrogen and oxygen atoms in total. The number of carbonyl (C=O) groups excluding carboxylic acids is 1. The topological polar surface area (TPSA) is 103 Å². The molecule has 2 aliphatic rings. The molecule has 1 aromatic heterocycles. The molecular formula is C23H32N6O3. The van der Waals surface area contributed by atoms with Crippen LogP contribution in [-0.2, 0) is 17.7 Å². The molecule has 32 heavy (non-hydrogen) atoms. The number of aromatic nitrogens is 2. The third kappa shape index (κ3) is 5.35. The van der Waals surface area contributed by atoms with Gasteiger partial charge < -0.3 is 25.4 Å². The van der Waals surface area contributed by atoms with E-state index < -0.39 is 0 Å². The zero-order chi connectivity index (χ0) is 22.3. The van der Waals surface area contributed by atoms with Gasteiger partial charge in [0.05, 0.1) is 18.9 Å². The van der Waals surface area contributed by atoms with E-state index in [0.29, 0.717) is 25.6 Å². The minimum atomic E-state index is -0.220. The molecule has 1 aromatic carbocycles. The van der Waals surface area contributed by atoms with Crippen LogP contribution in [0.4, 0.5) is 16.3 Å². The number of benzene rings is 1. The summed E-state index contributed by atoms with van der Waals surface area (Å²) in [6.45, 7) is 8.30. The van der Waals surface area contributed by atoms with Crippen molar-refractivity contribution in [1.29, 1.82) is 0 Å². The molecule has 172 valence electrons. The normalized spacial score (nSPS) is 16.5. The number of morpholine rings is 1. The number of carbonyl (C=O) groups is 1. The van der Waals surface area contributed by atoms with Gasteiger partial charge in [0, 0.05) is 62.7 Å². The highest BCUT2D eigenvalue weighted by Gasteiger charge is 2.26. The Bertz CT molecular complexity index is 915. The van der Waals surface area contributed by atoms with E-state index in [0.717, 1.165) is 68.3 Å². The smallest absolute Gasteiger partial charge is 0.319 e. The molecule has 4 rings (SSSR count). The van der Waals surface area contributed by atoms with Gasteiger partial charge in [0.1, 0.15) is 5.82 Å². The van der Waals surface area contributed by atoms with E-state index in [4.69, 9.17) is 14.7 Å². The van der Waals surface area contributed by atoms with Crippen molar-refractivity contribution in [2.45, 2.75) is 26.3 Å². The number of ether oxygens (including phenoxy) is 1. The van der Waals surface area contributed by atoms with E-state index >= 15 is 0 Å². The first-order chi connectivity index (χ1) is 15.7. The molecule has 0 bridgehead atoms. The quantitative estimate of drug-likeness (QED) is 0.604. The molecule has 1 saturated heterocycles. The highest BCUT2D eigenvalue weighted by Crippen LogP contribution is 2.30. The first-order valence-electron chi connectivity index (χ1n) is 11.4. The number of hydrogen-bond donors (Lipinski definition) is 3. The molecule has 1 fully saturated rings. The Kier molecular flexibility index (Phi) is 7.51. The standard InChI is InChI=1S/C23H32N6O3/c1-2-24-23(31)25-18-6-4-17(5-7-18)21-26-20-16-28(9-3-13-30)10-8-19(20)22(27-21)29-11-14-32-15-12-29/h4-7,30H,2-3,8-16H2,1H3,(H2,24,25,31). The summed E-state index contributed by atoms with van der Waals surface area (Å²) in [6, 6.07) is 7.41. The van der Waals surface area contributed by atoms with Crippen molar-refractivity contribution >= 4 is 17.5 Å². The minimum Gasteiger partial charge on any atom is -0.396 e. The van der Waals surface area contributed by atoms with Crippen LogP contribution in [0.1, 0.15) is 24.6 Å². The third-order valence-electron chi connectivity index (χ3n) is 5.80. The molecule has 0 aliphatic carbocycles. The van der Waals surface area contributed by atoms with Crippen LogP contribution in [0.2, 0.25) is 0 Å². The lowest BCUT2D eigenvalue weighted by molar-refractivity contribution is 0.122. The number of nitrogens with zero attached hydrogens (tertiary/aromatic N) is 4. The second-order valence-electron chi connectivity index (χ2n) is 8.06. The maximum atomic E-state index is 11.8. The average molecular weight is 441 g/mol. The maximum Gasteiger partial charge on any atom is 0.319 e. The number of aliphatic hydroxyl groups excluding tert-OH is 1. The lowest BCUT2D eigenvalue weighted by Crippen LogP contribution is -2.39. The van der Waals surface area contributed by atoms with E-state index in [1.807, 2.05) is 31.2 Å². The molecule has 2 aromatic rings. The SMILES string of the molecule is CCNC(=O)Nc1ccc(-c2nc3c(c(N4CCOCC4)n2)CCN(CCCO)C3)cc1. The van der Waals surface area contributed by atoms with Crippen LogP contribution in [0.25, 0.3) is 11.4 Å². The Morgan fingerprint density at radius 2 is 1.94 bits per heavy atom. The summed E-state index contributed by atoms with van der Waals surface area (Å²) in [5, 5.41) is 14.8. The van der Waals surface area contributed by atoms with Crippen molar-refractivity contribution < 1.29 is 14.6 Å². The molecule has 0 spiro atoms. The number of nitrogens with one attached hydrogen (secondary N) is 2. The zero-order valence-corrected chi connectivity index (χ0v) is 18.6. The van der Waals surface area contributed by atoms with Crippen molar-refractivity contribution in [3.05, 3.63) is 35.5 Å². The van der Waals surface area contributed by atoms with Gasteiger partial charge in [-0.05, 0) is 44.0 Å². The van der Waals surface area contributed by atoms with Crippen LogP contribution in [0.5, 0.6) is 0 Å². The van der Waals surface area contributed by atoms with E-state index in [2.05, 4.69) is 20.4 Å². The first-order valence-corrected chi connectivity index (χ1v) is 11.4. The van der Waals surface area contributed by atoms with Gasteiger partial charge in [0.2, 0.25) is 0 Å². The molecule has 0 radical (unpaired) electrons. The summed E-state index contributed by atoms with van der Waals surface area (Å²) in [5.74, 6) is 1.71. The van der Waals surface area contributed by atoms with Crippen LogP contribution < -0.4 is 15.5 Å². The monoisotopic (exact) mass is 440 g/mol. The number of hydrogen-bond acceptors (Lipinski definition) is 7. The van der Waals surface area contributed by atoms with Crippen LogP contribution >= 0.6 is 0 Å². The first kappa shape index (κ1) is 22.4. The zero-order valence-electron chi connectivity index (χ0n) is 18.6. The Balaban J connectivity index is 1.62. The number of anilines is 2. The summed E-state index contributed by atoms with van der Waals surface area (Å²) in [6.07, 6.45) is 1.67. The fraction of sp³-hybridized carbons (Fsp3) is 0.522. The minimum absolute atomic E-state index is 0.202. The van der Waals surface area contributed by atoms with Crippen molar-refractivity contribution in [2.24, 2.45) is 0 Å². The molecule has 0 atom stereocenters. The molecule has 0 saturated carbocycles. The molecule has 9 heteroatoms. The second-order valence-corrected chi connectivity index (χ2v) is 8.06. The summed E-state index contributed by atoms with van der Waals surface area (Å²) in [5.41, 5.74) is 3.92. The lowest BCUT2D eigenvalue weighted by Gasteiger charge is -2.34. The van der Waals surface area contributed by atoms with Gasteiger partial charge in [-0.25, -0.2) is 14.8 Å². The summed E-state index contributed by atoms with van der Waals surface area (Å²) < 4.78 is 5.55. The number of fused-ring (bicyclic) bond motifs is 1. The number of amides is 2. The van der Waals surface area contributed by atoms with Gasteiger partial charge >= 0.3 is 6.03 Å². The summed E-state index contributed by atoms with van der Waals surface area (Å²) in [4.78, 5) is 26.4. The molecule has 0 unspecified atom stereocenters. The average Bonchev–Trinajstić information content (AvgIpc) is 2.83. The molecule has 3 heterocycles. The molecule has 2 amide bonds. The summed E-state index contributed by atoms with van der Waals surface area (Å²) >= 11 is 0. The molecular weight excluding hydrogens is 408 g/mol. The van der Waals surface area contributed by atoms with Gasteiger partial charge in [-0.1, -0.05) is 0 Å². The fourth-order valence-corrected chi connectivity index (χ4v) is 4.15. The van der Waals surface area contributed by atoms with Crippen molar-refractivity contribution in [3.8, 4) is 11.4 Å². The van der Waals surface area contributed by atoms with Crippen LogP contribution in [0, 0.1) is 0 Å². The number of aliphatic hydroxyl groups is 1. The largest absolute Gasteiger partial charge is 0.396 e. The number of urea groups is 1. The highest BCUT2D eigenvalue weighted by molar-refractivity contribution is 5.89. The van der Waals surface area contributed by atoms with Gasteiger partial charge in [-0.2, -0.15) is 0 Å². The maximum absolute atomic E-state index is 11.8. The lowest BCUT2D eigenvalue weighted by atomic mass is 10.0. The Morgan fingerprint density at radius 1 is 1.16 bits per heavy atom. The van der Waals surface area contributed by atoms with Crippen LogP contribution in [0.15, 0.2) is 24.3 Å². The van der Waals surface area contributed by atoms with E-state index in [9.17, 15) is 9.90 Å². The van der Waals surface area contributed by atoms with Crippen LogP contribution in [-0.4, -0.2) is 78.5 Å². The fourth-order valence-electron chi connectivity index (χ4n) is 4.15. The van der Waals surface area contributed by atoms with E-state index in [-0.39, 0.29) is 12.6 Å². The Morgan fingerprint density at radius 3 is 2.66 bits per heavy atom. The second kappa shape index (κ2) is 10.7. The van der Waals surface area contributed by atoms with Gasteiger partial charge in [0.15, 0.2) is 5.82 Å². The van der Waals surface area contributed by atoms with Gasteiger partial charge in [0.25, 0.3) is 0 Å². The predicted octanol–water partition coefficient (Wildman–Crippen LogP) is 1.86. The molecule has 3 N–H and O–H groups in total. The highest BCUT2D eigenvalue weighted by atomic mass is 16.5. The van der Waals surface area contributed by atoms with Crippen LogP contribution in [0.3, 0.4) is 0 Å². The van der Waals surface area contributed by atoms with E-state index in [1.165, 1.54) is 5.56 Å². The van der Waals surface area contributed by atoms with Crippen molar-refractivity contribution in [1.82, 2.24) is 20.2 Å².